The molecule has 0 saturated carbocycles. The minimum Gasteiger partial charge on any atom is -0.325 e. The second-order valence-corrected chi connectivity index (χ2v) is 5.84. The Morgan fingerprint density at radius 3 is 2.95 bits per heavy atom. The van der Waals surface area contributed by atoms with Crippen LogP contribution < -0.4 is 10.6 Å². The predicted molar refractivity (Wildman–Crippen MR) is 80.7 cm³/mol. The van der Waals surface area contributed by atoms with Crippen LogP contribution in [-0.2, 0) is 4.79 Å². The van der Waals surface area contributed by atoms with Crippen molar-refractivity contribution in [1.82, 2.24) is 10.2 Å². The van der Waals surface area contributed by atoms with Gasteiger partial charge in [0, 0.05) is 18.3 Å². The molecule has 3 rings (SSSR count). The average Bonchev–Trinajstić information content (AvgIpc) is 2.97. The number of amides is 1. The number of benzene rings is 1. The summed E-state index contributed by atoms with van der Waals surface area (Å²) in [4.78, 5) is 14.5. The molecule has 0 radical (unpaired) electrons. The molecule has 1 aromatic rings. The summed E-state index contributed by atoms with van der Waals surface area (Å²) in [5, 5.41) is 15.1. The second kappa shape index (κ2) is 6.25. The van der Waals surface area contributed by atoms with Crippen molar-refractivity contribution in [3.8, 4) is 6.07 Å². The lowest BCUT2D eigenvalue weighted by atomic mass is 9.92. The first-order valence-corrected chi connectivity index (χ1v) is 7.51. The van der Waals surface area contributed by atoms with Crippen LogP contribution in [0.3, 0.4) is 0 Å². The fraction of sp³-hybridized carbons (Fsp3) is 0.500. The van der Waals surface area contributed by atoms with Gasteiger partial charge in [-0.1, -0.05) is 0 Å². The summed E-state index contributed by atoms with van der Waals surface area (Å²) in [6.07, 6.45) is 2.44. The first-order valence-electron chi connectivity index (χ1n) is 7.51. The number of hydrogen-bond donors (Lipinski definition) is 2. The van der Waals surface area contributed by atoms with Gasteiger partial charge in [0.25, 0.3) is 0 Å². The molecular weight excluding hydrogens is 264 g/mol. The van der Waals surface area contributed by atoms with Gasteiger partial charge in [0.15, 0.2) is 0 Å². The van der Waals surface area contributed by atoms with E-state index in [2.05, 4.69) is 21.6 Å². The highest BCUT2D eigenvalue weighted by Gasteiger charge is 2.35. The van der Waals surface area contributed by atoms with Crippen molar-refractivity contribution >= 4 is 11.6 Å². The lowest BCUT2D eigenvalue weighted by Gasteiger charge is -2.36. The average molecular weight is 284 g/mol. The van der Waals surface area contributed by atoms with Crippen molar-refractivity contribution in [3.05, 3.63) is 29.8 Å². The third-order valence-electron chi connectivity index (χ3n) is 4.44. The molecule has 2 unspecified atom stereocenters. The maximum absolute atomic E-state index is 12.2. The second-order valence-electron chi connectivity index (χ2n) is 5.84. The van der Waals surface area contributed by atoms with Gasteiger partial charge in [-0.25, -0.2) is 0 Å². The van der Waals surface area contributed by atoms with Gasteiger partial charge >= 0.3 is 0 Å². The molecule has 2 aliphatic heterocycles. The normalized spacial score (nSPS) is 25.1. The summed E-state index contributed by atoms with van der Waals surface area (Å²) in [6, 6.07) is 9.55. The first-order chi connectivity index (χ1) is 10.3. The van der Waals surface area contributed by atoms with E-state index < -0.39 is 0 Å². The minimum absolute atomic E-state index is 0.0206. The largest absolute Gasteiger partial charge is 0.325 e. The van der Waals surface area contributed by atoms with Gasteiger partial charge in [-0.15, -0.1) is 0 Å². The van der Waals surface area contributed by atoms with Gasteiger partial charge in [-0.2, -0.15) is 5.26 Å². The zero-order valence-corrected chi connectivity index (χ0v) is 12.0. The van der Waals surface area contributed by atoms with Crippen LogP contribution in [0.4, 0.5) is 5.69 Å². The maximum atomic E-state index is 12.2. The Kier molecular flexibility index (Phi) is 4.18. The van der Waals surface area contributed by atoms with E-state index in [1.165, 1.54) is 12.8 Å². The molecule has 1 aromatic carbocycles. The van der Waals surface area contributed by atoms with Gasteiger partial charge in [0.05, 0.1) is 18.2 Å². The molecule has 1 amide bonds. The van der Waals surface area contributed by atoms with E-state index in [4.69, 9.17) is 5.26 Å². The zero-order chi connectivity index (χ0) is 14.7. The number of anilines is 1. The van der Waals surface area contributed by atoms with Gasteiger partial charge in [0.1, 0.15) is 0 Å². The van der Waals surface area contributed by atoms with E-state index >= 15 is 0 Å². The van der Waals surface area contributed by atoms with Crippen LogP contribution in [0.2, 0.25) is 0 Å². The fourth-order valence-corrected chi connectivity index (χ4v) is 3.37. The molecule has 21 heavy (non-hydrogen) atoms. The van der Waals surface area contributed by atoms with Gasteiger partial charge in [0.2, 0.25) is 5.91 Å². The Bertz CT molecular complexity index is 548. The maximum Gasteiger partial charge on any atom is 0.238 e. The van der Waals surface area contributed by atoms with Crippen molar-refractivity contribution in [3.63, 3.8) is 0 Å². The smallest absolute Gasteiger partial charge is 0.238 e. The number of nitrogens with zero attached hydrogens (tertiary/aromatic N) is 2. The Balaban J connectivity index is 1.57. The molecule has 0 spiro atoms. The number of carbonyl (C=O) groups is 1. The van der Waals surface area contributed by atoms with Crippen LogP contribution in [0.5, 0.6) is 0 Å². The highest BCUT2D eigenvalue weighted by Crippen LogP contribution is 2.26. The first kappa shape index (κ1) is 14.1. The number of likely N-dealkylation sites (tertiary alicyclic amines) is 1. The standard InChI is InChI=1S/C16H20N4O/c17-8-12-3-5-14(6-4-12)19-16(21)11-20-7-1-2-13-9-18-10-15(13)20/h3-6,13,15,18H,1-2,7,9-11H2,(H,19,21). The monoisotopic (exact) mass is 284 g/mol. The summed E-state index contributed by atoms with van der Waals surface area (Å²) in [6.45, 7) is 3.53. The molecule has 0 aromatic heterocycles. The van der Waals surface area contributed by atoms with Gasteiger partial charge in [-0.05, 0) is 56.1 Å². The van der Waals surface area contributed by atoms with Gasteiger partial charge < -0.3 is 10.6 Å². The summed E-state index contributed by atoms with van der Waals surface area (Å²) in [5.41, 5.74) is 1.35. The lowest BCUT2D eigenvalue weighted by Crippen LogP contribution is -2.48. The number of nitriles is 1. The lowest BCUT2D eigenvalue weighted by molar-refractivity contribution is -0.118. The number of nitrogens with one attached hydrogen (secondary N) is 2. The van der Waals surface area contributed by atoms with Crippen LogP contribution in [0.15, 0.2) is 24.3 Å². The summed E-state index contributed by atoms with van der Waals surface area (Å²) < 4.78 is 0. The van der Waals surface area contributed by atoms with Crippen molar-refractivity contribution in [2.75, 3.05) is 31.5 Å². The topological polar surface area (TPSA) is 68.2 Å². The molecule has 110 valence electrons. The van der Waals surface area contributed by atoms with E-state index in [0.29, 0.717) is 24.1 Å². The SMILES string of the molecule is N#Cc1ccc(NC(=O)CN2CCCC3CNCC32)cc1. The summed E-state index contributed by atoms with van der Waals surface area (Å²) in [7, 11) is 0. The van der Waals surface area contributed by atoms with Crippen molar-refractivity contribution in [2.24, 2.45) is 5.92 Å². The summed E-state index contributed by atoms with van der Waals surface area (Å²) >= 11 is 0. The Hall–Kier alpha value is -1.90. The molecule has 0 aliphatic carbocycles. The van der Waals surface area contributed by atoms with E-state index in [9.17, 15) is 4.79 Å². The van der Waals surface area contributed by atoms with Crippen molar-refractivity contribution in [1.29, 1.82) is 5.26 Å². The minimum atomic E-state index is 0.0206. The molecule has 2 fully saturated rings. The van der Waals surface area contributed by atoms with E-state index in [1.54, 1.807) is 24.3 Å². The Labute approximate surface area is 124 Å². The highest BCUT2D eigenvalue weighted by atomic mass is 16.2. The number of carbonyl (C=O) groups excluding carboxylic acids is 1. The fourth-order valence-electron chi connectivity index (χ4n) is 3.37. The van der Waals surface area contributed by atoms with Gasteiger partial charge in [-0.3, -0.25) is 9.69 Å². The van der Waals surface area contributed by atoms with Crippen LogP contribution in [-0.4, -0.2) is 43.0 Å². The van der Waals surface area contributed by atoms with E-state index in [1.807, 2.05) is 0 Å². The molecule has 2 atom stereocenters. The molecule has 2 heterocycles. The van der Waals surface area contributed by atoms with Crippen LogP contribution in [0.1, 0.15) is 18.4 Å². The highest BCUT2D eigenvalue weighted by molar-refractivity contribution is 5.92. The molecule has 5 heteroatoms. The van der Waals surface area contributed by atoms with Crippen LogP contribution in [0.25, 0.3) is 0 Å². The Morgan fingerprint density at radius 2 is 2.19 bits per heavy atom. The number of piperidine rings is 1. The molecule has 2 N–H and O–H groups in total. The molecular formula is C16H20N4O. The quantitative estimate of drug-likeness (QED) is 0.874. The van der Waals surface area contributed by atoms with E-state index in [-0.39, 0.29) is 5.91 Å². The Morgan fingerprint density at radius 1 is 1.38 bits per heavy atom. The molecule has 5 nitrogen and oxygen atoms in total. The predicted octanol–water partition coefficient (Wildman–Crippen LogP) is 1.18. The van der Waals surface area contributed by atoms with E-state index in [0.717, 1.165) is 25.3 Å². The van der Waals surface area contributed by atoms with Crippen molar-refractivity contribution < 1.29 is 4.79 Å². The zero-order valence-electron chi connectivity index (χ0n) is 12.0. The van der Waals surface area contributed by atoms with Crippen molar-refractivity contribution in [2.45, 2.75) is 18.9 Å². The molecule has 0 bridgehead atoms. The summed E-state index contributed by atoms with van der Waals surface area (Å²) in [5.74, 6) is 0.716. The number of rotatable bonds is 3. The molecule has 2 saturated heterocycles. The van der Waals surface area contributed by atoms with Crippen LogP contribution in [0, 0.1) is 17.2 Å². The van der Waals surface area contributed by atoms with Crippen LogP contribution >= 0.6 is 0 Å². The number of fused-ring (bicyclic) bond motifs is 1. The third kappa shape index (κ3) is 3.23. The third-order valence-corrected chi connectivity index (χ3v) is 4.44. The molecule has 2 aliphatic rings. The number of hydrogen-bond acceptors (Lipinski definition) is 4.